The van der Waals surface area contributed by atoms with Crippen LogP contribution in [0.1, 0.15) is 31.7 Å². The third-order valence-electron chi connectivity index (χ3n) is 4.71. The van der Waals surface area contributed by atoms with E-state index >= 15 is 0 Å². The van der Waals surface area contributed by atoms with Crippen LogP contribution in [-0.2, 0) is 11.3 Å². The van der Waals surface area contributed by atoms with Gasteiger partial charge in [-0.2, -0.15) is 0 Å². The minimum absolute atomic E-state index is 0. The maximum atomic E-state index is 13.8. The van der Waals surface area contributed by atoms with Crippen molar-refractivity contribution in [1.82, 2.24) is 10.2 Å². The summed E-state index contributed by atoms with van der Waals surface area (Å²) in [6.45, 7) is 8.70. The van der Waals surface area contributed by atoms with E-state index in [4.69, 9.17) is 0 Å². The molecule has 1 unspecified atom stereocenters. The molecule has 3 nitrogen and oxygen atoms in total. The van der Waals surface area contributed by atoms with Gasteiger partial charge in [-0.15, -0.1) is 19.0 Å². The minimum atomic E-state index is -0.263. The SMILES string of the molecule is C=CCN(Cc1ccccc1F)C(=O)CC(C)C1CCNCC1.Cl. The Kier molecular flexibility index (Phi) is 9.01. The molecule has 0 bridgehead atoms. The Bertz CT molecular complexity index is 532. The summed E-state index contributed by atoms with van der Waals surface area (Å²) in [5.74, 6) is 0.775. The molecule has 1 saturated heterocycles. The van der Waals surface area contributed by atoms with E-state index in [9.17, 15) is 9.18 Å². The molecule has 2 rings (SSSR count). The van der Waals surface area contributed by atoms with Gasteiger partial charge in [-0.3, -0.25) is 4.79 Å². The van der Waals surface area contributed by atoms with Crippen LogP contribution in [0.3, 0.4) is 0 Å². The molecule has 1 aromatic rings. The highest BCUT2D eigenvalue weighted by molar-refractivity contribution is 5.85. The number of carbonyl (C=O) groups excluding carboxylic acids is 1. The van der Waals surface area contributed by atoms with Crippen LogP contribution < -0.4 is 5.32 Å². The maximum Gasteiger partial charge on any atom is 0.223 e. The number of nitrogens with zero attached hydrogens (tertiary/aromatic N) is 1. The number of halogens is 2. The third kappa shape index (κ3) is 5.91. The number of carbonyl (C=O) groups is 1. The fourth-order valence-corrected chi connectivity index (χ4v) is 3.23. The lowest BCUT2D eigenvalue weighted by atomic mass is 9.84. The van der Waals surface area contributed by atoms with Gasteiger partial charge in [0.2, 0.25) is 5.91 Å². The van der Waals surface area contributed by atoms with Crippen molar-refractivity contribution in [3.05, 3.63) is 48.3 Å². The van der Waals surface area contributed by atoms with Gasteiger partial charge in [0.1, 0.15) is 5.82 Å². The molecule has 0 saturated carbocycles. The van der Waals surface area contributed by atoms with E-state index in [1.165, 1.54) is 6.07 Å². The van der Waals surface area contributed by atoms with Crippen molar-refractivity contribution in [1.29, 1.82) is 0 Å². The van der Waals surface area contributed by atoms with Crippen LogP contribution in [-0.4, -0.2) is 30.4 Å². The van der Waals surface area contributed by atoms with Gasteiger partial charge in [-0.05, 0) is 43.8 Å². The average Bonchev–Trinajstić information content (AvgIpc) is 2.57. The minimum Gasteiger partial charge on any atom is -0.335 e. The largest absolute Gasteiger partial charge is 0.335 e. The van der Waals surface area contributed by atoms with E-state index in [1.54, 1.807) is 29.2 Å². The fourth-order valence-electron chi connectivity index (χ4n) is 3.23. The second-order valence-corrected chi connectivity index (χ2v) is 6.42. The van der Waals surface area contributed by atoms with Gasteiger partial charge in [-0.25, -0.2) is 4.39 Å². The lowest BCUT2D eigenvalue weighted by molar-refractivity contribution is -0.132. The predicted octanol–water partition coefficient (Wildman–Crippen LogP) is 3.79. The number of hydrogen-bond acceptors (Lipinski definition) is 2. The summed E-state index contributed by atoms with van der Waals surface area (Å²) < 4.78 is 13.8. The van der Waals surface area contributed by atoms with Gasteiger partial charge >= 0.3 is 0 Å². The zero-order valence-electron chi connectivity index (χ0n) is 14.3. The van der Waals surface area contributed by atoms with Gasteiger partial charge < -0.3 is 10.2 Å². The lowest BCUT2D eigenvalue weighted by Crippen LogP contribution is -2.35. The van der Waals surface area contributed by atoms with Crippen molar-refractivity contribution in [2.45, 2.75) is 32.7 Å². The van der Waals surface area contributed by atoms with Gasteiger partial charge in [0.15, 0.2) is 0 Å². The molecule has 5 heteroatoms. The molecule has 1 heterocycles. The molecule has 24 heavy (non-hydrogen) atoms. The smallest absolute Gasteiger partial charge is 0.223 e. The predicted molar refractivity (Wildman–Crippen MR) is 98.6 cm³/mol. The first-order valence-electron chi connectivity index (χ1n) is 8.44. The highest BCUT2D eigenvalue weighted by Gasteiger charge is 2.24. The van der Waals surface area contributed by atoms with Gasteiger partial charge in [0, 0.05) is 25.1 Å². The van der Waals surface area contributed by atoms with E-state index in [-0.39, 0.29) is 24.1 Å². The van der Waals surface area contributed by atoms with E-state index in [0.717, 1.165) is 25.9 Å². The molecular weight excluding hydrogens is 327 g/mol. The van der Waals surface area contributed by atoms with Crippen LogP contribution >= 0.6 is 12.4 Å². The summed E-state index contributed by atoms with van der Waals surface area (Å²) in [5.41, 5.74) is 0.553. The summed E-state index contributed by atoms with van der Waals surface area (Å²) in [7, 11) is 0. The molecule has 1 fully saturated rings. The van der Waals surface area contributed by atoms with Crippen molar-refractivity contribution in [3.8, 4) is 0 Å². The Morgan fingerprint density at radius 1 is 1.42 bits per heavy atom. The summed E-state index contributed by atoms with van der Waals surface area (Å²) in [6, 6.07) is 6.63. The van der Waals surface area contributed by atoms with Crippen molar-refractivity contribution in [2.24, 2.45) is 11.8 Å². The van der Waals surface area contributed by atoms with Crippen LogP contribution in [0, 0.1) is 17.7 Å². The normalized spacial score (nSPS) is 16.1. The highest BCUT2D eigenvalue weighted by atomic mass is 35.5. The van der Waals surface area contributed by atoms with Crippen LogP contribution in [0.25, 0.3) is 0 Å². The first-order valence-corrected chi connectivity index (χ1v) is 8.44. The topological polar surface area (TPSA) is 32.3 Å². The average molecular weight is 355 g/mol. The molecule has 1 atom stereocenters. The molecule has 0 radical (unpaired) electrons. The zero-order valence-corrected chi connectivity index (χ0v) is 15.2. The molecule has 1 aliphatic heterocycles. The van der Waals surface area contributed by atoms with E-state index in [1.807, 2.05) is 0 Å². The number of benzene rings is 1. The quantitative estimate of drug-likeness (QED) is 0.755. The van der Waals surface area contributed by atoms with E-state index in [0.29, 0.717) is 36.9 Å². The second-order valence-electron chi connectivity index (χ2n) is 6.42. The standard InChI is InChI=1S/C19H27FN2O.ClH/c1-3-12-22(14-17-6-4-5-7-18(17)20)19(23)13-15(2)16-8-10-21-11-9-16;/h3-7,15-16,21H,1,8-14H2,2H3;1H. The number of hydrogen-bond donors (Lipinski definition) is 1. The zero-order chi connectivity index (χ0) is 16.7. The second kappa shape index (κ2) is 10.5. The number of amides is 1. The Morgan fingerprint density at radius 2 is 2.08 bits per heavy atom. The van der Waals surface area contributed by atoms with Crippen molar-refractivity contribution in [2.75, 3.05) is 19.6 Å². The third-order valence-corrected chi connectivity index (χ3v) is 4.71. The number of nitrogens with one attached hydrogen (secondary N) is 1. The van der Waals surface area contributed by atoms with Crippen molar-refractivity contribution in [3.63, 3.8) is 0 Å². The van der Waals surface area contributed by atoms with Crippen LogP contribution in [0.15, 0.2) is 36.9 Å². The first-order chi connectivity index (χ1) is 11.1. The fraction of sp³-hybridized carbons (Fsp3) is 0.526. The number of rotatable bonds is 7. The molecule has 134 valence electrons. The highest BCUT2D eigenvalue weighted by Crippen LogP contribution is 2.25. The van der Waals surface area contributed by atoms with Crippen LogP contribution in [0.4, 0.5) is 4.39 Å². The molecule has 0 spiro atoms. The molecule has 0 aromatic heterocycles. The summed E-state index contributed by atoms with van der Waals surface area (Å²) >= 11 is 0. The van der Waals surface area contributed by atoms with E-state index < -0.39 is 0 Å². The van der Waals surface area contributed by atoms with Crippen LogP contribution in [0.5, 0.6) is 0 Å². The molecule has 1 aliphatic rings. The molecular formula is C19H28ClFN2O. The Hall–Kier alpha value is -1.39. The monoisotopic (exact) mass is 354 g/mol. The summed E-state index contributed by atoms with van der Waals surface area (Å²) in [6.07, 6.45) is 4.48. The Labute approximate surface area is 150 Å². The lowest BCUT2D eigenvalue weighted by Gasteiger charge is -2.30. The van der Waals surface area contributed by atoms with E-state index in [2.05, 4.69) is 18.8 Å². The Morgan fingerprint density at radius 3 is 2.71 bits per heavy atom. The maximum absolute atomic E-state index is 13.8. The van der Waals surface area contributed by atoms with Crippen molar-refractivity contribution < 1.29 is 9.18 Å². The van der Waals surface area contributed by atoms with Gasteiger partial charge in [-0.1, -0.05) is 31.2 Å². The molecule has 1 amide bonds. The molecule has 0 aliphatic carbocycles. The summed E-state index contributed by atoms with van der Waals surface area (Å²) in [5, 5.41) is 3.35. The first kappa shape index (κ1) is 20.7. The van der Waals surface area contributed by atoms with Gasteiger partial charge in [0.05, 0.1) is 0 Å². The van der Waals surface area contributed by atoms with Crippen molar-refractivity contribution >= 4 is 18.3 Å². The molecule has 1 N–H and O–H groups in total. The molecule has 1 aromatic carbocycles. The van der Waals surface area contributed by atoms with Crippen LogP contribution in [0.2, 0.25) is 0 Å². The Balaban J connectivity index is 0.00000288. The van der Waals surface area contributed by atoms with Gasteiger partial charge in [0.25, 0.3) is 0 Å². The number of piperidine rings is 1. The summed E-state index contributed by atoms with van der Waals surface area (Å²) in [4.78, 5) is 14.3.